The van der Waals surface area contributed by atoms with Gasteiger partial charge < -0.3 is 9.47 Å². The van der Waals surface area contributed by atoms with Crippen molar-refractivity contribution in [2.75, 3.05) is 19.2 Å². The molecule has 0 saturated carbocycles. The SMILES string of the molecule is COc1ccc(OC)c(C2=NN(c3nc(C)cs3)C(c3ccc(C)cc3)C2)c1. The summed E-state index contributed by atoms with van der Waals surface area (Å²) >= 11 is 1.62. The van der Waals surface area contributed by atoms with Crippen molar-refractivity contribution in [3.05, 3.63) is 70.2 Å². The van der Waals surface area contributed by atoms with E-state index >= 15 is 0 Å². The summed E-state index contributed by atoms with van der Waals surface area (Å²) in [4.78, 5) is 4.67. The number of hydrogen-bond donors (Lipinski definition) is 0. The molecule has 0 spiro atoms. The van der Waals surface area contributed by atoms with Crippen molar-refractivity contribution >= 4 is 22.2 Å². The van der Waals surface area contributed by atoms with Crippen LogP contribution in [-0.4, -0.2) is 24.9 Å². The summed E-state index contributed by atoms with van der Waals surface area (Å²) in [5.41, 5.74) is 5.39. The summed E-state index contributed by atoms with van der Waals surface area (Å²) in [5, 5.41) is 9.97. The number of thiazole rings is 1. The smallest absolute Gasteiger partial charge is 0.206 e. The quantitative estimate of drug-likeness (QED) is 0.603. The van der Waals surface area contributed by atoms with Crippen LogP contribution < -0.4 is 14.5 Å². The molecule has 1 aromatic heterocycles. The fraction of sp³-hybridized carbons (Fsp3) is 0.273. The molecule has 5 nitrogen and oxygen atoms in total. The number of benzene rings is 2. The van der Waals surface area contributed by atoms with Gasteiger partial charge in [0.15, 0.2) is 0 Å². The Hall–Kier alpha value is -2.86. The van der Waals surface area contributed by atoms with Gasteiger partial charge in [-0.1, -0.05) is 29.8 Å². The first-order valence-electron chi connectivity index (χ1n) is 9.17. The Morgan fingerprint density at radius 2 is 1.82 bits per heavy atom. The minimum atomic E-state index is 0.0945. The van der Waals surface area contributed by atoms with Crippen LogP contribution in [0.5, 0.6) is 11.5 Å². The van der Waals surface area contributed by atoms with Gasteiger partial charge in [-0.25, -0.2) is 9.99 Å². The highest BCUT2D eigenvalue weighted by Gasteiger charge is 2.32. The Morgan fingerprint density at radius 1 is 1.04 bits per heavy atom. The zero-order valence-electron chi connectivity index (χ0n) is 16.5. The minimum absolute atomic E-state index is 0.0945. The molecule has 1 unspecified atom stereocenters. The first-order chi connectivity index (χ1) is 13.6. The zero-order chi connectivity index (χ0) is 19.7. The third kappa shape index (κ3) is 3.47. The van der Waals surface area contributed by atoms with E-state index in [1.807, 2.05) is 30.1 Å². The Kier molecular flexibility index (Phi) is 5.05. The molecule has 0 aliphatic carbocycles. The van der Waals surface area contributed by atoms with Crippen molar-refractivity contribution in [2.45, 2.75) is 26.3 Å². The van der Waals surface area contributed by atoms with Crippen LogP contribution in [0, 0.1) is 13.8 Å². The highest BCUT2D eigenvalue weighted by atomic mass is 32.1. The van der Waals surface area contributed by atoms with E-state index in [1.165, 1.54) is 11.1 Å². The van der Waals surface area contributed by atoms with E-state index in [4.69, 9.17) is 14.6 Å². The lowest BCUT2D eigenvalue weighted by atomic mass is 9.97. The van der Waals surface area contributed by atoms with Crippen molar-refractivity contribution < 1.29 is 9.47 Å². The molecule has 0 fully saturated rings. The van der Waals surface area contributed by atoms with E-state index in [0.29, 0.717) is 0 Å². The first kappa shape index (κ1) is 18.5. The van der Waals surface area contributed by atoms with Crippen LogP contribution in [0.4, 0.5) is 5.13 Å². The Balaban J connectivity index is 1.78. The lowest BCUT2D eigenvalue weighted by molar-refractivity contribution is 0.402. The summed E-state index contributed by atoms with van der Waals surface area (Å²) in [6, 6.07) is 14.5. The predicted octanol–water partition coefficient (Wildman–Crippen LogP) is 5.13. The number of nitrogens with zero attached hydrogens (tertiary/aromatic N) is 3. The second-order valence-corrected chi connectivity index (χ2v) is 7.70. The van der Waals surface area contributed by atoms with Crippen molar-refractivity contribution in [3.63, 3.8) is 0 Å². The average Bonchev–Trinajstić information content (AvgIpc) is 3.34. The maximum atomic E-state index is 5.59. The number of hydrogen-bond acceptors (Lipinski definition) is 6. The summed E-state index contributed by atoms with van der Waals surface area (Å²) in [6.45, 7) is 4.11. The van der Waals surface area contributed by atoms with Crippen molar-refractivity contribution in [2.24, 2.45) is 5.10 Å². The summed E-state index contributed by atoms with van der Waals surface area (Å²) < 4.78 is 11.0. The normalized spacial score (nSPS) is 16.2. The number of aryl methyl sites for hydroxylation is 2. The van der Waals surface area contributed by atoms with Crippen LogP contribution in [-0.2, 0) is 0 Å². The zero-order valence-corrected chi connectivity index (χ0v) is 17.3. The molecule has 0 amide bonds. The van der Waals surface area contributed by atoms with Crippen LogP contribution in [0.2, 0.25) is 0 Å². The van der Waals surface area contributed by atoms with Gasteiger partial charge in [-0.05, 0) is 37.6 Å². The molecule has 28 heavy (non-hydrogen) atoms. The Morgan fingerprint density at radius 3 is 2.46 bits per heavy atom. The van der Waals surface area contributed by atoms with Crippen LogP contribution in [0.1, 0.15) is 34.8 Å². The van der Waals surface area contributed by atoms with Gasteiger partial charge in [-0.15, -0.1) is 11.3 Å². The number of methoxy groups -OCH3 is 2. The number of ether oxygens (including phenoxy) is 2. The molecule has 1 aliphatic rings. The summed E-state index contributed by atoms with van der Waals surface area (Å²) in [5.74, 6) is 1.58. The van der Waals surface area contributed by atoms with Crippen LogP contribution in [0.15, 0.2) is 52.9 Å². The van der Waals surface area contributed by atoms with Crippen molar-refractivity contribution in [1.82, 2.24) is 4.98 Å². The number of anilines is 1. The predicted molar refractivity (Wildman–Crippen MR) is 114 cm³/mol. The molecule has 2 aromatic carbocycles. The topological polar surface area (TPSA) is 47.0 Å². The summed E-state index contributed by atoms with van der Waals surface area (Å²) in [7, 11) is 3.35. The maximum Gasteiger partial charge on any atom is 0.206 e. The van der Waals surface area contributed by atoms with E-state index in [0.717, 1.165) is 40.0 Å². The van der Waals surface area contributed by atoms with Crippen LogP contribution >= 0.6 is 11.3 Å². The van der Waals surface area contributed by atoms with Gasteiger partial charge in [-0.3, -0.25) is 0 Å². The van der Waals surface area contributed by atoms with E-state index in [1.54, 1.807) is 25.6 Å². The summed E-state index contributed by atoms with van der Waals surface area (Å²) in [6.07, 6.45) is 0.769. The number of hydrazone groups is 1. The third-order valence-corrected chi connectivity index (χ3v) is 5.84. The molecule has 0 radical (unpaired) electrons. The van der Waals surface area contributed by atoms with Crippen molar-refractivity contribution in [1.29, 1.82) is 0 Å². The lowest BCUT2D eigenvalue weighted by Gasteiger charge is -2.21. The van der Waals surface area contributed by atoms with Gasteiger partial charge in [0.2, 0.25) is 5.13 Å². The fourth-order valence-electron chi connectivity index (χ4n) is 3.38. The molecular weight excluding hydrogens is 370 g/mol. The number of aromatic nitrogens is 1. The largest absolute Gasteiger partial charge is 0.497 e. The van der Waals surface area contributed by atoms with Gasteiger partial charge in [0, 0.05) is 17.4 Å². The highest BCUT2D eigenvalue weighted by Crippen LogP contribution is 2.40. The van der Waals surface area contributed by atoms with Gasteiger partial charge in [-0.2, -0.15) is 5.10 Å². The molecule has 1 aliphatic heterocycles. The van der Waals surface area contributed by atoms with Crippen molar-refractivity contribution in [3.8, 4) is 11.5 Å². The van der Waals surface area contributed by atoms with Gasteiger partial charge in [0.1, 0.15) is 11.5 Å². The molecule has 0 N–H and O–H groups in total. The van der Waals surface area contributed by atoms with E-state index in [9.17, 15) is 0 Å². The average molecular weight is 394 g/mol. The van der Waals surface area contributed by atoms with Crippen LogP contribution in [0.3, 0.4) is 0 Å². The van der Waals surface area contributed by atoms with E-state index < -0.39 is 0 Å². The van der Waals surface area contributed by atoms with E-state index in [2.05, 4.69) is 41.6 Å². The lowest BCUT2D eigenvalue weighted by Crippen LogP contribution is -2.18. The second-order valence-electron chi connectivity index (χ2n) is 6.86. The number of rotatable bonds is 5. The van der Waals surface area contributed by atoms with E-state index in [-0.39, 0.29) is 6.04 Å². The van der Waals surface area contributed by atoms with Gasteiger partial charge in [0.05, 0.1) is 31.7 Å². The third-order valence-electron chi connectivity index (χ3n) is 4.89. The molecule has 2 heterocycles. The first-order valence-corrected chi connectivity index (χ1v) is 10.0. The maximum absolute atomic E-state index is 5.59. The monoisotopic (exact) mass is 393 g/mol. The second kappa shape index (κ2) is 7.64. The molecule has 1 atom stereocenters. The fourth-order valence-corrected chi connectivity index (χ4v) is 4.19. The van der Waals surface area contributed by atoms with Gasteiger partial charge in [0.25, 0.3) is 0 Å². The molecule has 3 aromatic rings. The minimum Gasteiger partial charge on any atom is -0.497 e. The Bertz CT molecular complexity index is 1010. The Labute approximate surface area is 169 Å². The molecule has 144 valence electrons. The molecule has 4 rings (SSSR count). The molecular formula is C22H23N3O2S. The standard InChI is InChI=1S/C22H23N3O2S/c1-14-5-7-16(8-6-14)20-12-19(24-25(20)22-23-15(2)13-28-22)18-11-17(26-3)9-10-21(18)27-4/h5-11,13,20H,12H2,1-4H3. The molecule has 0 saturated heterocycles. The molecule has 6 heteroatoms. The molecule has 0 bridgehead atoms. The van der Waals surface area contributed by atoms with Gasteiger partial charge >= 0.3 is 0 Å². The van der Waals surface area contributed by atoms with Crippen LogP contribution in [0.25, 0.3) is 0 Å². The highest BCUT2D eigenvalue weighted by molar-refractivity contribution is 7.13.